The Hall–Kier alpha value is -1.42. The van der Waals surface area contributed by atoms with Gasteiger partial charge in [0.05, 0.1) is 4.47 Å². The molecular formula is C12H9BrFNO. The molecule has 0 saturated carbocycles. The molecule has 0 radical (unpaired) electrons. The molecule has 16 heavy (non-hydrogen) atoms. The average Bonchev–Trinajstić information content (AvgIpc) is 2.25. The van der Waals surface area contributed by atoms with Crippen LogP contribution in [-0.2, 0) is 0 Å². The number of aryl methyl sites for hydroxylation is 1. The van der Waals surface area contributed by atoms with Crippen molar-refractivity contribution in [3.05, 3.63) is 52.4 Å². The summed E-state index contributed by atoms with van der Waals surface area (Å²) in [5.74, 6) is 0.118. The predicted octanol–water partition coefficient (Wildman–Crippen LogP) is 4.08. The van der Waals surface area contributed by atoms with Gasteiger partial charge in [0.1, 0.15) is 0 Å². The summed E-state index contributed by atoms with van der Waals surface area (Å²) in [5, 5.41) is 0. The first-order valence-corrected chi connectivity index (χ1v) is 5.50. The molecule has 0 aliphatic carbocycles. The van der Waals surface area contributed by atoms with E-state index in [1.165, 1.54) is 6.07 Å². The number of hydrogen-bond donors (Lipinski definition) is 0. The molecule has 2 aromatic rings. The Balaban J connectivity index is 2.31. The molecular weight excluding hydrogens is 273 g/mol. The van der Waals surface area contributed by atoms with E-state index in [4.69, 9.17) is 4.74 Å². The standard InChI is InChI=1S/C12H9BrFNO/c1-8-6-9(13)12(15-7-8)16-11-5-3-2-4-10(11)14/h2-7H,1H3. The number of hydrogen-bond acceptors (Lipinski definition) is 2. The van der Waals surface area contributed by atoms with Crippen LogP contribution in [0.25, 0.3) is 0 Å². The zero-order chi connectivity index (χ0) is 11.5. The highest BCUT2D eigenvalue weighted by Crippen LogP contribution is 2.29. The fourth-order valence-electron chi connectivity index (χ4n) is 1.23. The molecule has 0 N–H and O–H groups in total. The van der Waals surface area contributed by atoms with Crippen molar-refractivity contribution in [2.24, 2.45) is 0 Å². The van der Waals surface area contributed by atoms with Gasteiger partial charge in [0, 0.05) is 6.20 Å². The molecule has 1 aromatic carbocycles. The Morgan fingerprint density at radius 3 is 2.75 bits per heavy atom. The summed E-state index contributed by atoms with van der Waals surface area (Å²) in [6, 6.07) is 8.09. The number of nitrogens with zero attached hydrogens (tertiary/aromatic N) is 1. The zero-order valence-corrected chi connectivity index (χ0v) is 10.2. The van der Waals surface area contributed by atoms with E-state index >= 15 is 0 Å². The molecule has 4 heteroatoms. The average molecular weight is 282 g/mol. The van der Waals surface area contributed by atoms with Gasteiger partial charge in [-0.25, -0.2) is 9.37 Å². The van der Waals surface area contributed by atoms with Gasteiger partial charge in [-0.3, -0.25) is 0 Å². The van der Waals surface area contributed by atoms with E-state index in [9.17, 15) is 4.39 Å². The van der Waals surface area contributed by atoms with Crippen LogP contribution in [-0.4, -0.2) is 4.98 Å². The number of halogens is 2. The van der Waals surface area contributed by atoms with Gasteiger partial charge in [-0.05, 0) is 46.6 Å². The van der Waals surface area contributed by atoms with Gasteiger partial charge >= 0.3 is 0 Å². The first-order valence-electron chi connectivity index (χ1n) is 4.71. The number of rotatable bonds is 2. The van der Waals surface area contributed by atoms with Gasteiger partial charge in [0.2, 0.25) is 5.88 Å². The smallest absolute Gasteiger partial charge is 0.233 e. The third-order valence-electron chi connectivity index (χ3n) is 1.99. The van der Waals surface area contributed by atoms with E-state index in [0.29, 0.717) is 10.4 Å². The summed E-state index contributed by atoms with van der Waals surface area (Å²) in [5.41, 5.74) is 1.01. The molecule has 2 nitrogen and oxygen atoms in total. The van der Waals surface area contributed by atoms with Gasteiger partial charge in [0.25, 0.3) is 0 Å². The minimum Gasteiger partial charge on any atom is -0.435 e. The highest BCUT2D eigenvalue weighted by molar-refractivity contribution is 9.10. The number of aromatic nitrogens is 1. The van der Waals surface area contributed by atoms with Crippen LogP contribution in [0.5, 0.6) is 11.6 Å². The molecule has 0 unspecified atom stereocenters. The van der Waals surface area contributed by atoms with Crippen molar-refractivity contribution in [3.8, 4) is 11.6 Å². The number of ether oxygens (including phenoxy) is 1. The van der Waals surface area contributed by atoms with Gasteiger partial charge in [-0.2, -0.15) is 0 Å². The number of para-hydroxylation sites is 1. The molecule has 0 aliphatic rings. The Morgan fingerprint density at radius 2 is 2.06 bits per heavy atom. The van der Waals surface area contributed by atoms with Crippen molar-refractivity contribution >= 4 is 15.9 Å². The van der Waals surface area contributed by atoms with E-state index < -0.39 is 5.82 Å². The Labute approximate surface area is 101 Å². The first kappa shape index (κ1) is 11.1. The van der Waals surface area contributed by atoms with Crippen LogP contribution in [0.3, 0.4) is 0 Å². The molecule has 1 aromatic heterocycles. The van der Waals surface area contributed by atoms with E-state index in [2.05, 4.69) is 20.9 Å². The monoisotopic (exact) mass is 281 g/mol. The number of benzene rings is 1. The Bertz CT molecular complexity index is 516. The normalized spacial score (nSPS) is 10.2. The third-order valence-corrected chi connectivity index (χ3v) is 2.56. The summed E-state index contributed by atoms with van der Waals surface area (Å²) >= 11 is 3.32. The summed E-state index contributed by atoms with van der Waals surface area (Å²) in [4.78, 5) is 4.08. The predicted molar refractivity (Wildman–Crippen MR) is 63.1 cm³/mol. The van der Waals surface area contributed by atoms with Crippen LogP contribution in [0, 0.1) is 12.7 Å². The van der Waals surface area contributed by atoms with Crippen molar-refractivity contribution in [1.29, 1.82) is 0 Å². The van der Waals surface area contributed by atoms with E-state index in [1.807, 2.05) is 13.0 Å². The SMILES string of the molecule is Cc1cnc(Oc2ccccc2F)c(Br)c1. The second kappa shape index (κ2) is 4.61. The topological polar surface area (TPSA) is 22.1 Å². The molecule has 0 atom stereocenters. The second-order valence-corrected chi connectivity index (χ2v) is 4.19. The molecule has 0 aliphatic heterocycles. The highest BCUT2D eigenvalue weighted by atomic mass is 79.9. The number of pyridine rings is 1. The lowest BCUT2D eigenvalue weighted by molar-refractivity contribution is 0.425. The van der Waals surface area contributed by atoms with Crippen LogP contribution in [0.2, 0.25) is 0 Å². The van der Waals surface area contributed by atoms with Crippen molar-refractivity contribution in [1.82, 2.24) is 4.98 Å². The van der Waals surface area contributed by atoms with Crippen LogP contribution in [0.4, 0.5) is 4.39 Å². The maximum atomic E-state index is 13.3. The molecule has 82 valence electrons. The molecule has 0 bridgehead atoms. The highest BCUT2D eigenvalue weighted by Gasteiger charge is 2.07. The second-order valence-electron chi connectivity index (χ2n) is 3.33. The molecule has 0 saturated heterocycles. The van der Waals surface area contributed by atoms with Gasteiger partial charge in [-0.15, -0.1) is 0 Å². The summed E-state index contributed by atoms with van der Waals surface area (Å²) in [6.45, 7) is 1.92. The Kier molecular flexibility index (Phi) is 3.19. The fourth-order valence-corrected chi connectivity index (χ4v) is 1.77. The van der Waals surface area contributed by atoms with Crippen LogP contribution >= 0.6 is 15.9 Å². The van der Waals surface area contributed by atoms with E-state index in [0.717, 1.165) is 5.56 Å². The van der Waals surface area contributed by atoms with Gasteiger partial charge in [-0.1, -0.05) is 12.1 Å². The minimum absolute atomic E-state index is 0.166. The van der Waals surface area contributed by atoms with E-state index in [-0.39, 0.29) is 5.75 Å². The summed E-state index contributed by atoms with van der Waals surface area (Å²) in [7, 11) is 0. The minimum atomic E-state index is -0.406. The summed E-state index contributed by atoms with van der Waals surface area (Å²) < 4.78 is 19.4. The summed E-state index contributed by atoms with van der Waals surface area (Å²) in [6.07, 6.45) is 1.67. The van der Waals surface area contributed by atoms with Crippen molar-refractivity contribution in [2.75, 3.05) is 0 Å². The fraction of sp³-hybridized carbons (Fsp3) is 0.0833. The van der Waals surface area contributed by atoms with Gasteiger partial charge < -0.3 is 4.74 Å². The molecule has 0 spiro atoms. The van der Waals surface area contributed by atoms with Crippen LogP contribution in [0.15, 0.2) is 41.0 Å². The first-order chi connectivity index (χ1) is 7.66. The largest absolute Gasteiger partial charge is 0.435 e. The van der Waals surface area contributed by atoms with Crippen LogP contribution in [0.1, 0.15) is 5.56 Å². The van der Waals surface area contributed by atoms with Crippen LogP contribution < -0.4 is 4.74 Å². The lowest BCUT2D eigenvalue weighted by Gasteiger charge is -2.07. The molecule has 2 rings (SSSR count). The maximum Gasteiger partial charge on any atom is 0.233 e. The maximum absolute atomic E-state index is 13.3. The molecule has 0 fully saturated rings. The van der Waals surface area contributed by atoms with E-state index in [1.54, 1.807) is 24.4 Å². The van der Waals surface area contributed by atoms with Gasteiger partial charge in [0.15, 0.2) is 11.6 Å². The molecule has 0 amide bonds. The Morgan fingerprint density at radius 1 is 1.31 bits per heavy atom. The van der Waals surface area contributed by atoms with Crippen molar-refractivity contribution in [3.63, 3.8) is 0 Å². The molecule has 1 heterocycles. The van der Waals surface area contributed by atoms with Crippen molar-refractivity contribution in [2.45, 2.75) is 6.92 Å². The van der Waals surface area contributed by atoms with Crippen molar-refractivity contribution < 1.29 is 9.13 Å². The lowest BCUT2D eigenvalue weighted by Crippen LogP contribution is -1.92. The zero-order valence-electron chi connectivity index (χ0n) is 8.58. The quantitative estimate of drug-likeness (QED) is 0.827. The third kappa shape index (κ3) is 2.39. The lowest BCUT2D eigenvalue weighted by atomic mass is 10.3.